The van der Waals surface area contributed by atoms with Gasteiger partial charge < -0.3 is 10.0 Å². The number of carbonyl (C=O) groups excluding carboxylic acids is 1. The second-order valence-corrected chi connectivity index (χ2v) is 7.26. The fourth-order valence-corrected chi connectivity index (χ4v) is 4.00. The zero-order valence-electron chi connectivity index (χ0n) is 12.0. The molecule has 2 aromatic rings. The molecule has 7 heteroatoms. The number of fused-ring (bicyclic) bond motifs is 1. The van der Waals surface area contributed by atoms with Crippen LogP contribution < -0.4 is 0 Å². The molecule has 4 nitrogen and oxygen atoms in total. The predicted molar refractivity (Wildman–Crippen MR) is 87.9 cm³/mol. The first-order chi connectivity index (χ1) is 10.4. The van der Waals surface area contributed by atoms with Gasteiger partial charge in [-0.2, -0.15) is 4.37 Å². The third kappa shape index (κ3) is 2.63. The highest BCUT2D eigenvalue weighted by Crippen LogP contribution is 2.41. The fourth-order valence-electron chi connectivity index (χ4n) is 2.87. The summed E-state index contributed by atoms with van der Waals surface area (Å²) in [6.07, 6.45) is -0.302. The van der Waals surface area contributed by atoms with Crippen LogP contribution in [0.5, 0.6) is 0 Å². The Bertz CT molecular complexity index is 747. The Balaban J connectivity index is 1.97. The lowest BCUT2D eigenvalue weighted by atomic mass is 10.1. The van der Waals surface area contributed by atoms with Gasteiger partial charge in [-0.15, -0.1) is 0 Å². The van der Waals surface area contributed by atoms with E-state index in [2.05, 4.69) is 4.37 Å². The topological polar surface area (TPSA) is 53.4 Å². The first-order valence-electron chi connectivity index (χ1n) is 6.75. The first kappa shape index (κ1) is 15.7. The van der Waals surface area contributed by atoms with Gasteiger partial charge in [0.25, 0.3) is 5.91 Å². The summed E-state index contributed by atoms with van der Waals surface area (Å²) in [7, 11) is 1.66. The van der Waals surface area contributed by atoms with Crippen LogP contribution in [0.2, 0.25) is 10.0 Å². The van der Waals surface area contributed by atoms with E-state index in [9.17, 15) is 9.90 Å². The number of likely N-dealkylation sites (N-methyl/N-ethyl adjacent to an activating group) is 1. The number of halogens is 2. The van der Waals surface area contributed by atoms with Gasteiger partial charge >= 0.3 is 0 Å². The van der Waals surface area contributed by atoms with E-state index < -0.39 is 12.1 Å². The maximum atomic E-state index is 12.6. The molecule has 3 rings (SSSR count). The third-order valence-electron chi connectivity index (χ3n) is 3.88. The molecule has 0 spiro atoms. The fraction of sp³-hybridized carbons (Fsp3) is 0.333. The summed E-state index contributed by atoms with van der Waals surface area (Å²) in [6, 6.07) is 4.69. The van der Waals surface area contributed by atoms with E-state index in [0.29, 0.717) is 22.2 Å². The average molecular weight is 357 g/mol. The normalized spacial score (nSPS) is 20.0. The number of hydrogen-bond donors (Lipinski definition) is 1. The zero-order valence-corrected chi connectivity index (χ0v) is 14.3. The van der Waals surface area contributed by atoms with E-state index in [0.717, 1.165) is 16.0 Å². The van der Waals surface area contributed by atoms with Gasteiger partial charge in [0, 0.05) is 28.4 Å². The lowest BCUT2D eigenvalue weighted by Crippen LogP contribution is -2.36. The monoisotopic (exact) mass is 356 g/mol. The average Bonchev–Trinajstić information content (AvgIpc) is 3.01. The number of aliphatic hydroxyl groups is 1. The number of aromatic nitrogens is 1. The molecule has 0 saturated heterocycles. The highest BCUT2D eigenvalue weighted by molar-refractivity contribution is 7.05. The van der Waals surface area contributed by atoms with Crippen molar-refractivity contribution in [3.05, 3.63) is 49.9 Å². The summed E-state index contributed by atoms with van der Waals surface area (Å²) < 4.78 is 4.14. The van der Waals surface area contributed by atoms with Gasteiger partial charge in [-0.05, 0) is 47.8 Å². The van der Waals surface area contributed by atoms with Crippen LogP contribution in [0, 0.1) is 6.92 Å². The lowest BCUT2D eigenvalue weighted by Gasteiger charge is -2.27. The van der Waals surface area contributed by atoms with Crippen molar-refractivity contribution in [2.24, 2.45) is 0 Å². The van der Waals surface area contributed by atoms with Crippen molar-refractivity contribution < 1.29 is 9.90 Å². The van der Waals surface area contributed by atoms with E-state index in [1.807, 2.05) is 6.92 Å². The van der Waals surface area contributed by atoms with Crippen LogP contribution >= 0.6 is 34.7 Å². The zero-order chi connectivity index (χ0) is 16.0. The molecule has 1 amide bonds. The quantitative estimate of drug-likeness (QED) is 0.895. The number of carbonyl (C=O) groups is 1. The molecule has 1 N–H and O–H groups in total. The summed E-state index contributed by atoms with van der Waals surface area (Å²) >= 11 is 13.5. The Labute approximate surface area is 142 Å². The molecule has 1 aromatic heterocycles. The summed E-state index contributed by atoms with van der Waals surface area (Å²) in [5.41, 5.74) is 2.03. The number of rotatable bonds is 2. The van der Waals surface area contributed by atoms with Gasteiger partial charge in [-0.1, -0.05) is 23.2 Å². The molecule has 0 radical (unpaired) electrons. The molecule has 0 aliphatic heterocycles. The lowest BCUT2D eigenvalue weighted by molar-refractivity contribution is 0.0493. The second kappa shape index (κ2) is 5.81. The van der Waals surface area contributed by atoms with Gasteiger partial charge in [0.05, 0.1) is 12.1 Å². The van der Waals surface area contributed by atoms with Crippen molar-refractivity contribution in [1.29, 1.82) is 0 Å². The Kier molecular flexibility index (Phi) is 4.16. The largest absolute Gasteiger partial charge is 0.390 e. The van der Waals surface area contributed by atoms with Crippen molar-refractivity contribution >= 4 is 40.6 Å². The maximum absolute atomic E-state index is 12.6. The minimum atomic E-state index is -0.709. The third-order valence-corrected chi connectivity index (χ3v) is 5.13. The molecule has 1 aliphatic rings. The van der Waals surface area contributed by atoms with Gasteiger partial charge in [-0.3, -0.25) is 4.79 Å². The Morgan fingerprint density at radius 3 is 2.77 bits per heavy atom. The summed E-state index contributed by atoms with van der Waals surface area (Å²) in [5, 5.41) is 11.4. The van der Waals surface area contributed by atoms with Gasteiger partial charge in [0.1, 0.15) is 5.69 Å². The molecular formula is C15H14Cl2N2O2S. The molecule has 2 atom stereocenters. The molecule has 22 heavy (non-hydrogen) atoms. The van der Waals surface area contributed by atoms with Crippen molar-refractivity contribution in [1.82, 2.24) is 9.27 Å². The number of benzene rings is 1. The van der Waals surface area contributed by atoms with Crippen molar-refractivity contribution in [2.75, 3.05) is 7.05 Å². The van der Waals surface area contributed by atoms with E-state index in [1.54, 1.807) is 25.2 Å². The van der Waals surface area contributed by atoms with Crippen molar-refractivity contribution in [3.63, 3.8) is 0 Å². The summed E-state index contributed by atoms with van der Waals surface area (Å²) in [6.45, 7) is 1.90. The Hall–Kier alpha value is -1.14. The van der Waals surface area contributed by atoms with Crippen LogP contribution in [-0.2, 0) is 6.42 Å². The number of aliphatic hydroxyl groups excluding tert-OH is 1. The smallest absolute Gasteiger partial charge is 0.273 e. The molecule has 1 aliphatic carbocycles. The van der Waals surface area contributed by atoms with E-state index in [1.165, 1.54) is 16.4 Å². The Morgan fingerprint density at radius 1 is 1.41 bits per heavy atom. The summed E-state index contributed by atoms with van der Waals surface area (Å²) in [4.78, 5) is 15.0. The minimum Gasteiger partial charge on any atom is -0.390 e. The first-order valence-corrected chi connectivity index (χ1v) is 8.27. The standard InChI is InChI=1S/C15H14Cl2N2O2S/c1-7-3-12(18-22-7)15(21)19(2)14-10-4-8(16)5-11(17)9(10)6-13(14)20/h3-5,13-14,20H,6H2,1-2H3. The Morgan fingerprint density at radius 2 is 2.14 bits per heavy atom. The molecule has 116 valence electrons. The molecule has 0 bridgehead atoms. The summed E-state index contributed by atoms with van der Waals surface area (Å²) in [5.74, 6) is -0.225. The van der Waals surface area contributed by atoms with Crippen LogP contribution in [0.25, 0.3) is 0 Å². The van der Waals surface area contributed by atoms with E-state index >= 15 is 0 Å². The molecular weight excluding hydrogens is 343 g/mol. The number of nitrogens with zero attached hydrogens (tertiary/aromatic N) is 2. The molecule has 2 unspecified atom stereocenters. The van der Waals surface area contributed by atoms with Gasteiger partial charge in [-0.25, -0.2) is 0 Å². The van der Waals surface area contributed by atoms with Crippen LogP contribution in [0.3, 0.4) is 0 Å². The van der Waals surface area contributed by atoms with Crippen LogP contribution in [0.1, 0.15) is 32.5 Å². The number of hydrogen-bond acceptors (Lipinski definition) is 4. The van der Waals surface area contributed by atoms with E-state index in [4.69, 9.17) is 23.2 Å². The minimum absolute atomic E-state index is 0.225. The van der Waals surface area contributed by atoms with Crippen LogP contribution in [0.15, 0.2) is 18.2 Å². The van der Waals surface area contributed by atoms with Crippen LogP contribution in [0.4, 0.5) is 0 Å². The highest BCUT2D eigenvalue weighted by Gasteiger charge is 2.38. The SMILES string of the molecule is Cc1cc(C(=O)N(C)C2c3cc(Cl)cc(Cl)c3CC2O)ns1. The molecule has 1 aromatic carbocycles. The highest BCUT2D eigenvalue weighted by atomic mass is 35.5. The van der Waals surface area contributed by atoms with Crippen LogP contribution in [-0.4, -0.2) is 33.4 Å². The van der Waals surface area contributed by atoms with Crippen molar-refractivity contribution in [3.8, 4) is 0 Å². The number of aryl methyl sites for hydroxylation is 1. The second-order valence-electron chi connectivity index (χ2n) is 5.41. The maximum Gasteiger partial charge on any atom is 0.273 e. The number of amides is 1. The molecule has 1 heterocycles. The van der Waals surface area contributed by atoms with Gasteiger partial charge in [0.2, 0.25) is 0 Å². The van der Waals surface area contributed by atoms with E-state index in [-0.39, 0.29) is 5.91 Å². The molecule has 0 fully saturated rings. The van der Waals surface area contributed by atoms with Gasteiger partial charge in [0.15, 0.2) is 0 Å². The predicted octanol–water partition coefficient (Wildman–Crippen LogP) is 3.49. The van der Waals surface area contributed by atoms with Crippen molar-refractivity contribution in [2.45, 2.75) is 25.5 Å². The molecule has 0 saturated carbocycles.